The molecule has 1 saturated carbocycles. The summed E-state index contributed by atoms with van der Waals surface area (Å²) in [5, 5.41) is 0. The van der Waals surface area contributed by atoms with Crippen molar-refractivity contribution in [2.45, 2.75) is 51.4 Å². The molecule has 0 unspecified atom stereocenters. The minimum absolute atomic E-state index is 1.50. The predicted octanol–water partition coefficient (Wildman–Crippen LogP) is 4.81. The van der Waals surface area contributed by atoms with Gasteiger partial charge in [-0.1, -0.05) is 87.8 Å². The number of benzene rings is 1. The van der Waals surface area contributed by atoms with Gasteiger partial charge in [0.05, 0.1) is 0 Å². The first-order valence-electron chi connectivity index (χ1n) is 6.00. The van der Waals surface area contributed by atoms with Gasteiger partial charge in [-0.3, -0.25) is 0 Å². The largest absolute Gasteiger partial charge is 0.0623 e. The molecule has 1 aromatic carbocycles. The second kappa shape index (κ2) is 8.80. The van der Waals surface area contributed by atoms with Gasteiger partial charge in [-0.25, -0.2) is 0 Å². The molecule has 0 saturated heterocycles. The summed E-state index contributed by atoms with van der Waals surface area (Å²) in [7, 11) is 0. The fourth-order valence-electron chi connectivity index (χ4n) is 1.80. The number of rotatable bonds is 0. The predicted molar refractivity (Wildman–Crippen MR) is 63.4 cm³/mol. The first-order chi connectivity index (χ1) is 7.00. The fraction of sp³-hybridized carbons (Fsp3) is 0.571. The van der Waals surface area contributed by atoms with Gasteiger partial charge in [0.1, 0.15) is 0 Å². The van der Waals surface area contributed by atoms with Crippen molar-refractivity contribution in [1.29, 1.82) is 0 Å². The van der Waals surface area contributed by atoms with Crippen molar-refractivity contribution in [3.8, 4) is 0 Å². The Balaban J connectivity index is 0.000000146. The summed E-state index contributed by atoms with van der Waals surface area (Å²) in [6, 6.07) is 12.0. The summed E-state index contributed by atoms with van der Waals surface area (Å²) in [6.45, 7) is 0. The molecular weight excluding hydrogens is 168 g/mol. The van der Waals surface area contributed by atoms with Crippen LogP contribution in [0.1, 0.15) is 51.4 Å². The summed E-state index contributed by atoms with van der Waals surface area (Å²) in [5.74, 6) is 0. The second-order valence-electron chi connectivity index (χ2n) is 3.98. The van der Waals surface area contributed by atoms with Gasteiger partial charge in [0.15, 0.2) is 0 Å². The minimum Gasteiger partial charge on any atom is -0.0623 e. The lowest BCUT2D eigenvalue weighted by Crippen LogP contribution is -1.85. The standard InChI is InChI=1S/C8H16.C6H6/c1-2-4-6-8-7-5-3-1;1-2-4-6-5-3-1/h1-8H2;1-6H. The third-order valence-electron chi connectivity index (χ3n) is 2.67. The molecule has 1 aliphatic carbocycles. The van der Waals surface area contributed by atoms with Gasteiger partial charge < -0.3 is 0 Å². The highest BCUT2D eigenvalue weighted by Gasteiger charge is 1.95. The molecule has 0 amide bonds. The Kier molecular flexibility index (Phi) is 7.10. The van der Waals surface area contributed by atoms with Crippen LogP contribution in [0.5, 0.6) is 0 Å². The molecule has 0 heterocycles. The Morgan fingerprint density at radius 3 is 0.571 bits per heavy atom. The van der Waals surface area contributed by atoms with Gasteiger partial charge in [0.25, 0.3) is 0 Å². The van der Waals surface area contributed by atoms with Crippen LogP contribution in [0, 0.1) is 0 Å². The van der Waals surface area contributed by atoms with Crippen LogP contribution < -0.4 is 0 Å². The summed E-state index contributed by atoms with van der Waals surface area (Å²) in [6.07, 6.45) is 12.0. The van der Waals surface area contributed by atoms with Crippen LogP contribution in [-0.2, 0) is 0 Å². The quantitative estimate of drug-likeness (QED) is 0.551. The van der Waals surface area contributed by atoms with Crippen molar-refractivity contribution in [2.24, 2.45) is 0 Å². The Hall–Kier alpha value is -0.780. The number of hydrogen-bond acceptors (Lipinski definition) is 0. The molecule has 0 aliphatic heterocycles. The highest BCUT2D eigenvalue weighted by atomic mass is 14.0. The molecule has 0 bridgehead atoms. The fourth-order valence-corrected chi connectivity index (χ4v) is 1.80. The molecule has 14 heavy (non-hydrogen) atoms. The summed E-state index contributed by atoms with van der Waals surface area (Å²) >= 11 is 0. The molecule has 1 aliphatic rings. The van der Waals surface area contributed by atoms with E-state index >= 15 is 0 Å². The summed E-state index contributed by atoms with van der Waals surface area (Å²) in [4.78, 5) is 0. The highest BCUT2D eigenvalue weighted by Crippen LogP contribution is 2.15. The van der Waals surface area contributed by atoms with Crippen LogP contribution in [0.25, 0.3) is 0 Å². The normalized spacial score (nSPS) is 17.1. The van der Waals surface area contributed by atoms with Crippen molar-refractivity contribution in [2.75, 3.05) is 0 Å². The Labute approximate surface area is 88.4 Å². The first-order valence-corrected chi connectivity index (χ1v) is 6.00. The minimum atomic E-state index is 1.50. The third kappa shape index (κ3) is 6.71. The maximum absolute atomic E-state index is 2.00. The molecule has 0 N–H and O–H groups in total. The maximum atomic E-state index is 2.00. The zero-order chi connectivity index (χ0) is 9.90. The van der Waals surface area contributed by atoms with E-state index in [9.17, 15) is 0 Å². The average molecular weight is 190 g/mol. The van der Waals surface area contributed by atoms with Gasteiger partial charge >= 0.3 is 0 Å². The monoisotopic (exact) mass is 190 g/mol. The Bertz CT molecular complexity index is 140. The molecule has 0 spiro atoms. The van der Waals surface area contributed by atoms with Crippen LogP contribution in [0.4, 0.5) is 0 Å². The van der Waals surface area contributed by atoms with E-state index in [4.69, 9.17) is 0 Å². The van der Waals surface area contributed by atoms with Gasteiger partial charge in [-0.05, 0) is 0 Å². The molecule has 0 aromatic heterocycles. The van der Waals surface area contributed by atoms with Crippen molar-refractivity contribution >= 4 is 0 Å². The Morgan fingerprint density at radius 2 is 0.429 bits per heavy atom. The lowest BCUT2D eigenvalue weighted by Gasteiger charge is -2.05. The molecule has 0 radical (unpaired) electrons. The van der Waals surface area contributed by atoms with Gasteiger partial charge in [0, 0.05) is 0 Å². The maximum Gasteiger partial charge on any atom is -0.0533 e. The molecule has 2 rings (SSSR count). The lowest BCUT2D eigenvalue weighted by atomic mass is 10.0. The van der Waals surface area contributed by atoms with E-state index in [1.807, 2.05) is 36.4 Å². The molecule has 0 heteroatoms. The lowest BCUT2D eigenvalue weighted by molar-refractivity contribution is 0.504. The molecule has 0 nitrogen and oxygen atoms in total. The van der Waals surface area contributed by atoms with E-state index in [1.54, 1.807) is 0 Å². The van der Waals surface area contributed by atoms with Crippen LogP contribution in [0.15, 0.2) is 36.4 Å². The second-order valence-corrected chi connectivity index (χ2v) is 3.98. The molecular formula is C14H22. The van der Waals surface area contributed by atoms with Crippen LogP contribution in [0.2, 0.25) is 0 Å². The summed E-state index contributed by atoms with van der Waals surface area (Å²) < 4.78 is 0. The third-order valence-corrected chi connectivity index (χ3v) is 2.67. The summed E-state index contributed by atoms with van der Waals surface area (Å²) in [5.41, 5.74) is 0. The van der Waals surface area contributed by atoms with Crippen molar-refractivity contribution in [3.63, 3.8) is 0 Å². The van der Waals surface area contributed by atoms with Gasteiger partial charge in [-0.2, -0.15) is 0 Å². The SMILES string of the molecule is C1CCCCCCC1.c1ccccc1. The molecule has 0 atom stereocenters. The smallest absolute Gasteiger partial charge is 0.0533 e. The topological polar surface area (TPSA) is 0 Å². The van der Waals surface area contributed by atoms with E-state index in [0.29, 0.717) is 0 Å². The Morgan fingerprint density at radius 1 is 0.286 bits per heavy atom. The van der Waals surface area contributed by atoms with Gasteiger partial charge in [-0.15, -0.1) is 0 Å². The van der Waals surface area contributed by atoms with Crippen LogP contribution in [0.3, 0.4) is 0 Å². The van der Waals surface area contributed by atoms with E-state index in [0.717, 1.165) is 0 Å². The van der Waals surface area contributed by atoms with E-state index in [1.165, 1.54) is 51.4 Å². The van der Waals surface area contributed by atoms with Crippen molar-refractivity contribution in [3.05, 3.63) is 36.4 Å². The zero-order valence-electron chi connectivity index (χ0n) is 9.12. The number of hydrogen-bond donors (Lipinski definition) is 0. The van der Waals surface area contributed by atoms with Crippen molar-refractivity contribution < 1.29 is 0 Å². The molecule has 1 fully saturated rings. The van der Waals surface area contributed by atoms with E-state index in [2.05, 4.69) is 0 Å². The first kappa shape index (κ1) is 11.3. The molecule has 78 valence electrons. The van der Waals surface area contributed by atoms with Crippen molar-refractivity contribution in [1.82, 2.24) is 0 Å². The highest BCUT2D eigenvalue weighted by molar-refractivity contribution is 4.99. The average Bonchev–Trinajstić information content (AvgIpc) is 2.20. The molecule has 1 aromatic rings. The van der Waals surface area contributed by atoms with E-state index in [-0.39, 0.29) is 0 Å². The zero-order valence-corrected chi connectivity index (χ0v) is 9.12. The van der Waals surface area contributed by atoms with Crippen LogP contribution in [-0.4, -0.2) is 0 Å². The van der Waals surface area contributed by atoms with E-state index < -0.39 is 0 Å². The van der Waals surface area contributed by atoms with Gasteiger partial charge in [0.2, 0.25) is 0 Å². The van der Waals surface area contributed by atoms with Crippen LogP contribution >= 0.6 is 0 Å².